The molecular weight excluding hydrogens is 847 g/mol. The highest BCUT2D eigenvalue weighted by Crippen LogP contribution is 2.50. The van der Waals surface area contributed by atoms with Crippen LogP contribution in [0.5, 0.6) is 0 Å². The molecule has 0 saturated carbocycles. The maximum absolute atomic E-state index is 2.49. The molecule has 0 N–H and O–H groups in total. The summed E-state index contributed by atoms with van der Waals surface area (Å²) in [5.74, 6) is 0. The summed E-state index contributed by atoms with van der Waals surface area (Å²) in [5, 5.41) is 7.56. The fraction of sp³-hybridized carbons (Fsp3) is 0. The topological polar surface area (TPSA) is 3.24 Å². The lowest BCUT2D eigenvalue weighted by Crippen LogP contribution is -2.10. The Labute approximate surface area is 397 Å². The van der Waals surface area contributed by atoms with Crippen LogP contribution in [0.3, 0.4) is 0 Å². The fourth-order valence-corrected chi connectivity index (χ4v) is 12.4. The molecule has 1 nitrogen and oxygen atoms in total. The number of fused-ring (bicyclic) bond motifs is 7. The van der Waals surface area contributed by atoms with Crippen molar-refractivity contribution in [3.05, 3.63) is 249 Å². The molecule has 2 heterocycles. The van der Waals surface area contributed by atoms with Gasteiger partial charge < -0.3 is 4.90 Å². The van der Waals surface area contributed by atoms with Crippen molar-refractivity contribution in [3.63, 3.8) is 0 Å². The van der Waals surface area contributed by atoms with E-state index >= 15 is 0 Å². The molecule has 0 unspecified atom stereocenters. The Bertz CT molecular complexity index is 3950. The third-order valence-corrected chi connectivity index (χ3v) is 15.6. The van der Waals surface area contributed by atoms with Crippen molar-refractivity contribution in [1.82, 2.24) is 0 Å². The van der Waals surface area contributed by atoms with Crippen LogP contribution in [0.15, 0.2) is 249 Å². The number of benzene rings is 11. The first-order chi connectivity index (χ1) is 33.2. The van der Waals surface area contributed by atoms with Crippen molar-refractivity contribution in [2.24, 2.45) is 0 Å². The zero-order valence-corrected chi connectivity index (χ0v) is 38.1. The van der Waals surface area contributed by atoms with E-state index in [1.54, 1.807) is 0 Å². The predicted molar refractivity (Wildman–Crippen MR) is 292 cm³/mol. The minimum atomic E-state index is 1.11. The number of hydrogen-bond donors (Lipinski definition) is 0. The first kappa shape index (κ1) is 39.3. The van der Waals surface area contributed by atoms with Crippen LogP contribution in [0.1, 0.15) is 0 Å². The second kappa shape index (κ2) is 16.4. The van der Waals surface area contributed by atoms with Crippen LogP contribution in [-0.2, 0) is 0 Å². The van der Waals surface area contributed by atoms with Crippen molar-refractivity contribution in [3.8, 4) is 55.6 Å². The molecule has 0 bridgehead atoms. The first-order valence-electron chi connectivity index (χ1n) is 22.8. The first-order valence-corrected chi connectivity index (χ1v) is 24.4. The molecule has 0 amide bonds. The van der Waals surface area contributed by atoms with Gasteiger partial charge in [-0.1, -0.05) is 194 Å². The molecule has 11 aromatic carbocycles. The summed E-state index contributed by atoms with van der Waals surface area (Å²) >= 11 is 3.76. The van der Waals surface area contributed by atoms with Crippen molar-refractivity contribution >= 4 is 90.9 Å². The highest BCUT2D eigenvalue weighted by atomic mass is 32.1. The van der Waals surface area contributed by atoms with E-state index in [1.807, 2.05) is 22.7 Å². The van der Waals surface area contributed by atoms with Crippen molar-refractivity contribution in [2.45, 2.75) is 0 Å². The van der Waals surface area contributed by atoms with E-state index in [4.69, 9.17) is 0 Å². The Kier molecular flexibility index (Phi) is 9.63. The SMILES string of the molecule is c1ccc(-c2ccc3c(c2)sc2ccc(N(c4ccc(-c5ccc6cccc(-c7ccccc7)c6c5)cc4)c4ccc(-c5ccccc5)c5sc6cc(-c7ccccc7)ccc6c45)cc23)cc1. The molecule has 0 aliphatic rings. The molecule has 0 aliphatic carbocycles. The van der Waals surface area contributed by atoms with E-state index in [-0.39, 0.29) is 0 Å². The smallest absolute Gasteiger partial charge is 0.0555 e. The minimum Gasteiger partial charge on any atom is -0.310 e. The van der Waals surface area contributed by atoms with Crippen molar-refractivity contribution in [2.75, 3.05) is 4.90 Å². The van der Waals surface area contributed by atoms with Crippen molar-refractivity contribution in [1.29, 1.82) is 0 Å². The number of hydrogen-bond acceptors (Lipinski definition) is 3. The van der Waals surface area contributed by atoms with E-state index in [0.29, 0.717) is 0 Å². The van der Waals surface area contributed by atoms with Gasteiger partial charge in [-0.3, -0.25) is 0 Å². The maximum atomic E-state index is 2.49. The molecule has 314 valence electrons. The Morgan fingerprint density at radius 3 is 1.48 bits per heavy atom. The quantitative estimate of drug-likeness (QED) is 0.147. The Morgan fingerprint density at radius 1 is 0.269 bits per heavy atom. The molecular formula is C64H41NS2. The van der Waals surface area contributed by atoms with E-state index in [9.17, 15) is 0 Å². The van der Waals surface area contributed by atoms with Gasteiger partial charge >= 0.3 is 0 Å². The Balaban J connectivity index is 1.01. The lowest BCUT2D eigenvalue weighted by Gasteiger charge is -2.27. The molecule has 0 spiro atoms. The number of anilines is 3. The maximum Gasteiger partial charge on any atom is 0.0555 e. The zero-order valence-electron chi connectivity index (χ0n) is 36.4. The van der Waals surface area contributed by atoms with E-state index < -0.39 is 0 Å². The Hall–Kier alpha value is -8.08. The standard InChI is InChI=1S/C64H41NS2/c1-5-14-42(15-6-1)49-28-33-55-58-41-52(32-37-60(58)66-61(55)39-49)65(51-30-26-44(27-31-51)48-25-24-47-22-13-23-53(57(47)38-48)45-18-9-3-10-19-45)59-36-35-54(46-20-11-4-12-21-46)64-63(59)56-34-29-50(40-62(56)67-64)43-16-7-2-8-17-43/h1-41H. The average molecular weight is 888 g/mol. The molecule has 3 heteroatoms. The van der Waals surface area contributed by atoms with Gasteiger partial charge in [-0.25, -0.2) is 0 Å². The lowest BCUT2D eigenvalue weighted by molar-refractivity contribution is 1.31. The highest BCUT2D eigenvalue weighted by Gasteiger charge is 2.23. The summed E-state index contributed by atoms with van der Waals surface area (Å²) in [4.78, 5) is 2.49. The third-order valence-electron chi connectivity index (χ3n) is 13.3. The van der Waals surface area contributed by atoms with Crippen LogP contribution in [0.25, 0.3) is 107 Å². The zero-order chi connectivity index (χ0) is 44.3. The second-order valence-electron chi connectivity index (χ2n) is 17.2. The van der Waals surface area contributed by atoms with Gasteiger partial charge in [0.25, 0.3) is 0 Å². The van der Waals surface area contributed by atoms with Gasteiger partial charge in [-0.2, -0.15) is 0 Å². The lowest BCUT2D eigenvalue weighted by atomic mass is 9.94. The van der Waals surface area contributed by atoms with E-state index in [0.717, 1.165) is 17.1 Å². The Morgan fingerprint density at radius 2 is 0.806 bits per heavy atom. The van der Waals surface area contributed by atoms with Gasteiger partial charge in [0, 0.05) is 51.7 Å². The molecule has 0 saturated heterocycles. The second-order valence-corrected chi connectivity index (χ2v) is 19.4. The highest BCUT2D eigenvalue weighted by molar-refractivity contribution is 7.26. The molecule has 0 atom stereocenters. The monoisotopic (exact) mass is 887 g/mol. The van der Waals surface area contributed by atoms with Gasteiger partial charge in [-0.15, -0.1) is 22.7 Å². The largest absolute Gasteiger partial charge is 0.310 e. The van der Waals surface area contributed by atoms with Crippen LogP contribution in [0.4, 0.5) is 17.1 Å². The summed E-state index contributed by atoms with van der Waals surface area (Å²) in [5.41, 5.74) is 15.6. The molecule has 0 radical (unpaired) electrons. The molecule has 0 fully saturated rings. The minimum absolute atomic E-state index is 1.11. The van der Waals surface area contributed by atoms with Crippen LogP contribution in [0, 0.1) is 0 Å². The summed E-state index contributed by atoms with van der Waals surface area (Å²) in [6.45, 7) is 0. The average Bonchev–Trinajstić information content (AvgIpc) is 3.98. The molecule has 13 aromatic rings. The van der Waals surface area contributed by atoms with Gasteiger partial charge in [-0.05, 0) is 121 Å². The summed E-state index contributed by atoms with van der Waals surface area (Å²) in [6, 6.07) is 91.4. The molecule has 0 aliphatic heterocycles. The van der Waals surface area contributed by atoms with Gasteiger partial charge in [0.15, 0.2) is 0 Å². The summed E-state index contributed by atoms with van der Waals surface area (Å²) < 4.78 is 5.13. The number of thiophene rings is 2. The fourth-order valence-electron chi connectivity index (χ4n) is 9.97. The van der Waals surface area contributed by atoms with E-state index in [2.05, 4.69) is 254 Å². The molecule has 2 aromatic heterocycles. The van der Waals surface area contributed by atoms with Crippen LogP contribution >= 0.6 is 22.7 Å². The normalized spacial score (nSPS) is 11.6. The van der Waals surface area contributed by atoms with Crippen LogP contribution < -0.4 is 4.90 Å². The molecule has 13 rings (SSSR count). The third kappa shape index (κ3) is 6.99. The van der Waals surface area contributed by atoms with Crippen molar-refractivity contribution < 1.29 is 0 Å². The van der Waals surface area contributed by atoms with Crippen LogP contribution in [-0.4, -0.2) is 0 Å². The predicted octanol–water partition coefficient (Wildman–Crippen LogP) is 19.4. The van der Waals surface area contributed by atoms with E-state index in [1.165, 1.54) is 107 Å². The van der Waals surface area contributed by atoms with Gasteiger partial charge in [0.05, 0.1) is 5.69 Å². The summed E-state index contributed by atoms with van der Waals surface area (Å²) in [7, 11) is 0. The summed E-state index contributed by atoms with van der Waals surface area (Å²) in [6.07, 6.45) is 0. The number of rotatable bonds is 8. The van der Waals surface area contributed by atoms with Gasteiger partial charge in [0.2, 0.25) is 0 Å². The number of nitrogens with zero attached hydrogens (tertiary/aromatic N) is 1. The molecule has 67 heavy (non-hydrogen) atoms. The van der Waals surface area contributed by atoms with Crippen LogP contribution in [0.2, 0.25) is 0 Å². The van der Waals surface area contributed by atoms with Gasteiger partial charge in [0.1, 0.15) is 0 Å².